The maximum absolute atomic E-state index is 12.2. The van der Waals surface area contributed by atoms with Gasteiger partial charge in [0.2, 0.25) is 0 Å². The fourth-order valence-corrected chi connectivity index (χ4v) is 5.54. The third kappa shape index (κ3) is 4.08. The highest BCUT2D eigenvalue weighted by Crippen LogP contribution is 2.52. The summed E-state index contributed by atoms with van der Waals surface area (Å²) in [7, 11) is 0. The van der Waals surface area contributed by atoms with Crippen molar-refractivity contribution in [1.82, 2.24) is 4.90 Å². The molecule has 2 unspecified atom stereocenters. The van der Waals surface area contributed by atoms with E-state index in [1.807, 2.05) is 12.1 Å². The number of carbonyl (C=O) groups is 1. The number of benzene rings is 2. The molecule has 2 aliphatic rings. The molecule has 0 saturated carbocycles. The van der Waals surface area contributed by atoms with Crippen LogP contribution in [0.5, 0.6) is 5.75 Å². The van der Waals surface area contributed by atoms with E-state index < -0.39 is 11.6 Å². The highest BCUT2D eigenvalue weighted by molar-refractivity contribution is 5.90. The van der Waals surface area contributed by atoms with E-state index in [9.17, 15) is 9.90 Å². The Morgan fingerprint density at radius 1 is 0.971 bits per heavy atom. The van der Waals surface area contributed by atoms with Gasteiger partial charge >= 0.3 is 5.97 Å². The monoisotopic (exact) mass is 460 g/mol. The maximum atomic E-state index is 12.2. The van der Waals surface area contributed by atoms with Crippen LogP contribution in [-0.2, 0) is 0 Å². The van der Waals surface area contributed by atoms with Gasteiger partial charge in [-0.05, 0) is 64.0 Å². The van der Waals surface area contributed by atoms with E-state index in [0.29, 0.717) is 5.56 Å². The number of rotatable bonds is 8. The van der Waals surface area contributed by atoms with Gasteiger partial charge < -0.3 is 19.6 Å². The average molecular weight is 461 g/mol. The molecule has 4 rings (SSSR count). The molecule has 2 aromatic carbocycles. The molecule has 1 heterocycles. The van der Waals surface area contributed by atoms with E-state index >= 15 is 0 Å². The van der Waals surface area contributed by atoms with Crippen LogP contribution in [0.25, 0.3) is 0 Å². The Morgan fingerprint density at radius 3 is 2.29 bits per heavy atom. The van der Waals surface area contributed by atoms with Crippen molar-refractivity contribution >= 4 is 11.7 Å². The van der Waals surface area contributed by atoms with Crippen molar-refractivity contribution in [2.45, 2.75) is 52.6 Å². The number of hydrogen-bond acceptors (Lipinski definition) is 4. The number of carboxylic acid groups (broad SMARTS) is 1. The molecule has 180 valence electrons. The molecular weight excluding hydrogens is 424 g/mol. The number of anilines is 1. The molecule has 0 aromatic heterocycles. The van der Waals surface area contributed by atoms with E-state index in [0.717, 1.165) is 60.7 Å². The second kappa shape index (κ2) is 9.57. The smallest absolute Gasteiger partial charge is 0.335 e. The third-order valence-electron chi connectivity index (χ3n) is 7.34. The molecule has 0 fully saturated rings. The van der Waals surface area contributed by atoms with Crippen LogP contribution in [-0.4, -0.2) is 47.8 Å². The number of hydrogen-bond donors (Lipinski definition) is 1. The Morgan fingerprint density at radius 2 is 1.65 bits per heavy atom. The minimum absolute atomic E-state index is 0.179. The van der Waals surface area contributed by atoms with Crippen LogP contribution in [0.2, 0.25) is 0 Å². The summed E-state index contributed by atoms with van der Waals surface area (Å²) in [5, 5.41) is 9.99. The van der Waals surface area contributed by atoms with Gasteiger partial charge in [0.05, 0.1) is 5.56 Å². The number of carboxylic acids is 1. The first-order valence-corrected chi connectivity index (χ1v) is 12.4. The number of nitrogens with zero attached hydrogens (tertiary/aromatic N) is 2. The molecule has 1 N–H and O–H groups in total. The first-order chi connectivity index (χ1) is 16.4. The Labute approximate surface area is 203 Å². The van der Waals surface area contributed by atoms with Gasteiger partial charge in [-0.3, -0.25) is 0 Å². The van der Waals surface area contributed by atoms with Crippen LogP contribution in [0, 0.1) is 0 Å². The number of ether oxygens (including phenoxy) is 1. The lowest BCUT2D eigenvalue weighted by molar-refractivity contribution is 0.0692. The summed E-state index contributed by atoms with van der Waals surface area (Å²) in [4.78, 5) is 16.9. The van der Waals surface area contributed by atoms with Crippen LogP contribution in [0.4, 0.5) is 5.69 Å². The lowest BCUT2D eigenvalue weighted by Crippen LogP contribution is -2.45. The standard InChI is InChI=1S/C29H36N2O3/c1-6-30(7-2)20-14-16-24-26(18-20)34-29(5)19-21(31(8-3)9-4)15-17-25(29)27(24)22-12-10-11-13-23(22)28(32)33/h10-18,27H,6-9,19H2,1-5H3,(H,32,33). The molecule has 0 amide bonds. The van der Waals surface area contributed by atoms with Crippen LogP contribution in [0.15, 0.2) is 65.9 Å². The summed E-state index contributed by atoms with van der Waals surface area (Å²) in [5.74, 6) is -0.239. The quantitative estimate of drug-likeness (QED) is 0.518. The van der Waals surface area contributed by atoms with Gasteiger partial charge in [0.1, 0.15) is 11.4 Å². The zero-order valence-corrected chi connectivity index (χ0v) is 21.0. The van der Waals surface area contributed by atoms with Crippen molar-refractivity contribution in [3.8, 4) is 5.75 Å². The maximum Gasteiger partial charge on any atom is 0.335 e. The lowest BCUT2D eigenvalue weighted by atomic mass is 9.70. The second-order valence-electron chi connectivity index (χ2n) is 9.18. The molecule has 5 nitrogen and oxygen atoms in total. The first-order valence-electron chi connectivity index (χ1n) is 12.4. The topological polar surface area (TPSA) is 53.0 Å². The zero-order valence-electron chi connectivity index (χ0n) is 21.0. The number of allylic oxidation sites excluding steroid dienone is 2. The average Bonchev–Trinajstić information content (AvgIpc) is 2.83. The predicted octanol–water partition coefficient (Wildman–Crippen LogP) is 6.07. The van der Waals surface area contributed by atoms with Gasteiger partial charge in [-0.1, -0.05) is 30.3 Å². The summed E-state index contributed by atoms with van der Waals surface area (Å²) >= 11 is 0. The van der Waals surface area contributed by atoms with Gasteiger partial charge in [0.25, 0.3) is 0 Å². The Kier molecular flexibility index (Phi) is 6.74. The summed E-state index contributed by atoms with van der Waals surface area (Å²) in [6.45, 7) is 14.5. The van der Waals surface area contributed by atoms with Gasteiger partial charge in [-0.2, -0.15) is 0 Å². The summed E-state index contributed by atoms with van der Waals surface area (Å²) in [5.41, 5.74) is 5.11. The van der Waals surface area contributed by atoms with E-state index in [2.05, 4.69) is 74.8 Å². The minimum atomic E-state index is -0.902. The van der Waals surface area contributed by atoms with Gasteiger partial charge in [-0.15, -0.1) is 0 Å². The van der Waals surface area contributed by atoms with Crippen molar-refractivity contribution in [2.24, 2.45) is 0 Å². The Bertz CT molecular complexity index is 1130. The van der Waals surface area contributed by atoms with Crippen LogP contribution >= 0.6 is 0 Å². The fourth-order valence-electron chi connectivity index (χ4n) is 5.54. The molecule has 0 saturated heterocycles. The fraction of sp³-hybridized carbons (Fsp3) is 0.414. The summed E-state index contributed by atoms with van der Waals surface area (Å²) in [6.07, 6.45) is 5.11. The highest BCUT2D eigenvalue weighted by atomic mass is 16.5. The number of aromatic carboxylic acids is 1. The molecule has 0 radical (unpaired) electrons. The molecule has 1 aliphatic carbocycles. The SMILES string of the molecule is CCN(CC)C1=CC=C2C(c3ccccc3C(=O)O)c3ccc(N(CC)CC)cc3OC2(C)C1. The van der Waals surface area contributed by atoms with Crippen molar-refractivity contribution in [3.63, 3.8) is 0 Å². The normalized spacial score (nSPS) is 20.9. The molecule has 0 spiro atoms. The highest BCUT2D eigenvalue weighted by Gasteiger charge is 2.45. The van der Waals surface area contributed by atoms with Crippen molar-refractivity contribution in [3.05, 3.63) is 82.6 Å². The number of fused-ring (bicyclic) bond motifs is 2. The Balaban J connectivity index is 1.93. The van der Waals surface area contributed by atoms with Crippen molar-refractivity contribution < 1.29 is 14.6 Å². The van der Waals surface area contributed by atoms with Gasteiger partial charge in [0, 0.05) is 61.5 Å². The van der Waals surface area contributed by atoms with Crippen molar-refractivity contribution in [2.75, 3.05) is 31.1 Å². The largest absolute Gasteiger partial charge is 0.482 e. The van der Waals surface area contributed by atoms with Crippen LogP contribution in [0.1, 0.15) is 68.4 Å². The molecule has 2 aromatic rings. The lowest BCUT2D eigenvalue weighted by Gasteiger charge is -2.46. The van der Waals surface area contributed by atoms with Gasteiger partial charge in [0.15, 0.2) is 0 Å². The van der Waals surface area contributed by atoms with Crippen LogP contribution < -0.4 is 9.64 Å². The zero-order chi connectivity index (χ0) is 24.5. The van der Waals surface area contributed by atoms with Gasteiger partial charge in [-0.25, -0.2) is 4.79 Å². The second-order valence-corrected chi connectivity index (χ2v) is 9.18. The first kappa shape index (κ1) is 23.9. The van der Waals surface area contributed by atoms with E-state index in [-0.39, 0.29) is 5.92 Å². The van der Waals surface area contributed by atoms with E-state index in [1.54, 1.807) is 12.1 Å². The predicted molar refractivity (Wildman–Crippen MR) is 138 cm³/mol. The Hall–Kier alpha value is -3.21. The molecular formula is C29H36N2O3. The molecule has 5 heteroatoms. The van der Waals surface area contributed by atoms with E-state index in [4.69, 9.17) is 4.74 Å². The molecule has 2 atom stereocenters. The molecule has 1 aliphatic heterocycles. The third-order valence-corrected chi connectivity index (χ3v) is 7.34. The van der Waals surface area contributed by atoms with Crippen molar-refractivity contribution in [1.29, 1.82) is 0 Å². The molecule has 0 bridgehead atoms. The summed E-state index contributed by atoms with van der Waals surface area (Å²) < 4.78 is 6.81. The molecule has 34 heavy (non-hydrogen) atoms. The van der Waals surface area contributed by atoms with Crippen LogP contribution in [0.3, 0.4) is 0 Å². The minimum Gasteiger partial charge on any atom is -0.482 e. The summed E-state index contributed by atoms with van der Waals surface area (Å²) in [6, 6.07) is 13.8. The van der Waals surface area contributed by atoms with E-state index in [1.165, 1.54) is 5.70 Å².